The molecule has 3 atom stereocenters. The lowest BCUT2D eigenvalue weighted by atomic mass is 10.0. The van der Waals surface area contributed by atoms with Crippen LogP contribution in [0.15, 0.2) is 0 Å². The predicted octanol–water partition coefficient (Wildman–Crippen LogP) is 0.131. The van der Waals surface area contributed by atoms with Crippen LogP contribution in [0.25, 0.3) is 0 Å². The molecule has 2 rings (SSSR count). The number of carbonyl (C=O) groups excluding carboxylic acids is 2. The lowest BCUT2D eigenvalue weighted by Gasteiger charge is -2.14. The van der Waals surface area contributed by atoms with Gasteiger partial charge in [-0.15, -0.1) is 11.8 Å². The average Bonchev–Trinajstić information content (AvgIpc) is 2.61. The summed E-state index contributed by atoms with van der Waals surface area (Å²) in [5.41, 5.74) is 0. The normalized spacial score (nSPS) is 36.7. The van der Waals surface area contributed by atoms with E-state index in [0.717, 1.165) is 5.75 Å². The lowest BCUT2D eigenvalue weighted by Crippen LogP contribution is -2.40. The SMILES string of the molecule is CCC(=O)C1SCC2NC(=O)NC21. The van der Waals surface area contributed by atoms with Crippen LogP contribution in [0.2, 0.25) is 0 Å². The van der Waals surface area contributed by atoms with Crippen molar-refractivity contribution in [3.63, 3.8) is 0 Å². The number of fused-ring (bicyclic) bond motifs is 1. The molecule has 4 nitrogen and oxygen atoms in total. The summed E-state index contributed by atoms with van der Waals surface area (Å²) in [5, 5.41) is 5.56. The van der Waals surface area contributed by atoms with E-state index in [4.69, 9.17) is 0 Å². The number of Topliss-reactive ketones (excluding diaryl/α,β-unsaturated/α-hetero) is 1. The molecule has 0 spiro atoms. The molecule has 2 amide bonds. The zero-order chi connectivity index (χ0) is 9.42. The van der Waals surface area contributed by atoms with Gasteiger partial charge in [0.25, 0.3) is 0 Å². The van der Waals surface area contributed by atoms with Crippen molar-refractivity contribution in [3.05, 3.63) is 0 Å². The van der Waals surface area contributed by atoms with Gasteiger partial charge in [0, 0.05) is 12.2 Å². The third-order valence-electron chi connectivity index (χ3n) is 2.50. The zero-order valence-corrected chi connectivity index (χ0v) is 8.19. The quantitative estimate of drug-likeness (QED) is 0.623. The minimum absolute atomic E-state index is 0.0185. The Morgan fingerprint density at radius 2 is 2.38 bits per heavy atom. The van der Waals surface area contributed by atoms with E-state index in [2.05, 4.69) is 10.6 Å². The van der Waals surface area contributed by atoms with Crippen molar-refractivity contribution in [2.45, 2.75) is 30.7 Å². The summed E-state index contributed by atoms with van der Waals surface area (Å²) in [5.74, 6) is 1.08. The largest absolute Gasteiger partial charge is 0.332 e. The van der Waals surface area contributed by atoms with Crippen LogP contribution in [-0.2, 0) is 4.79 Å². The highest BCUT2D eigenvalue weighted by molar-refractivity contribution is 8.01. The Hall–Kier alpha value is -0.710. The number of amides is 2. The van der Waals surface area contributed by atoms with Gasteiger partial charge in [-0.1, -0.05) is 6.92 Å². The second kappa shape index (κ2) is 3.21. The summed E-state index contributed by atoms with van der Waals surface area (Å²) in [6.45, 7) is 1.86. The summed E-state index contributed by atoms with van der Waals surface area (Å²) in [7, 11) is 0. The van der Waals surface area contributed by atoms with Gasteiger partial charge in [0.15, 0.2) is 0 Å². The highest BCUT2D eigenvalue weighted by Gasteiger charge is 2.45. The van der Waals surface area contributed by atoms with Crippen molar-refractivity contribution in [3.8, 4) is 0 Å². The number of thioether (sulfide) groups is 1. The Kier molecular flexibility index (Phi) is 2.19. The van der Waals surface area contributed by atoms with E-state index in [0.29, 0.717) is 6.42 Å². The molecular weight excluding hydrogens is 188 g/mol. The molecule has 0 aromatic carbocycles. The van der Waals surface area contributed by atoms with Crippen LogP contribution in [0.3, 0.4) is 0 Å². The molecule has 2 N–H and O–H groups in total. The molecule has 0 radical (unpaired) electrons. The molecule has 2 saturated heterocycles. The lowest BCUT2D eigenvalue weighted by molar-refractivity contribution is -0.118. The number of hydrogen-bond donors (Lipinski definition) is 2. The molecule has 5 heteroatoms. The van der Waals surface area contributed by atoms with Crippen LogP contribution in [-0.4, -0.2) is 34.9 Å². The molecule has 2 heterocycles. The van der Waals surface area contributed by atoms with E-state index in [9.17, 15) is 9.59 Å². The van der Waals surface area contributed by atoms with Crippen LogP contribution >= 0.6 is 11.8 Å². The second-order valence-electron chi connectivity index (χ2n) is 3.32. The first-order valence-corrected chi connectivity index (χ1v) is 5.48. The predicted molar refractivity (Wildman–Crippen MR) is 50.8 cm³/mol. The Morgan fingerprint density at radius 1 is 1.62 bits per heavy atom. The molecule has 0 saturated carbocycles. The second-order valence-corrected chi connectivity index (χ2v) is 4.50. The van der Waals surface area contributed by atoms with Gasteiger partial charge in [0.2, 0.25) is 0 Å². The van der Waals surface area contributed by atoms with Gasteiger partial charge in [-0.05, 0) is 0 Å². The number of nitrogens with one attached hydrogen (secondary N) is 2. The van der Waals surface area contributed by atoms with Gasteiger partial charge in [-0.25, -0.2) is 4.79 Å². The first-order chi connectivity index (χ1) is 6.22. The van der Waals surface area contributed by atoms with E-state index in [1.165, 1.54) is 0 Å². The molecule has 2 fully saturated rings. The van der Waals surface area contributed by atoms with E-state index in [-0.39, 0.29) is 29.1 Å². The molecule has 2 aliphatic rings. The maximum absolute atomic E-state index is 11.5. The Bertz CT molecular complexity index is 257. The van der Waals surface area contributed by atoms with Gasteiger partial charge in [0.05, 0.1) is 17.3 Å². The molecule has 0 aliphatic carbocycles. The van der Waals surface area contributed by atoms with Crippen LogP contribution in [0.5, 0.6) is 0 Å². The Morgan fingerprint density at radius 3 is 3.08 bits per heavy atom. The number of hydrogen-bond acceptors (Lipinski definition) is 3. The van der Waals surface area contributed by atoms with Gasteiger partial charge < -0.3 is 10.6 Å². The molecule has 2 aliphatic heterocycles. The van der Waals surface area contributed by atoms with Crippen LogP contribution in [0.4, 0.5) is 4.79 Å². The van der Waals surface area contributed by atoms with Crippen molar-refractivity contribution in [2.75, 3.05) is 5.75 Å². The van der Waals surface area contributed by atoms with Crippen molar-refractivity contribution >= 4 is 23.6 Å². The van der Waals surface area contributed by atoms with E-state index in [1.54, 1.807) is 11.8 Å². The monoisotopic (exact) mass is 200 g/mol. The fourth-order valence-electron chi connectivity index (χ4n) is 1.79. The fraction of sp³-hybridized carbons (Fsp3) is 0.750. The molecule has 72 valence electrons. The van der Waals surface area contributed by atoms with Gasteiger partial charge in [0.1, 0.15) is 5.78 Å². The van der Waals surface area contributed by atoms with Crippen LogP contribution < -0.4 is 10.6 Å². The number of ketones is 1. The van der Waals surface area contributed by atoms with Crippen LogP contribution in [0.1, 0.15) is 13.3 Å². The van der Waals surface area contributed by atoms with Crippen molar-refractivity contribution in [1.29, 1.82) is 0 Å². The van der Waals surface area contributed by atoms with E-state index >= 15 is 0 Å². The first kappa shape index (κ1) is 8.87. The molecule has 0 bridgehead atoms. The van der Waals surface area contributed by atoms with Crippen molar-refractivity contribution in [2.24, 2.45) is 0 Å². The number of urea groups is 1. The van der Waals surface area contributed by atoms with E-state index in [1.807, 2.05) is 6.92 Å². The van der Waals surface area contributed by atoms with Gasteiger partial charge in [-0.2, -0.15) is 0 Å². The third-order valence-corrected chi connectivity index (χ3v) is 3.96. The summed E-state index contributed by atoms with van der Waals surface area (Å²) in [6.07, 6.45) is 0.552. The number of rotatable bonds is 2. The van der Waals surface area contributed by atoms with Gasteiger partial charge in [-0.3, -0.25) is 4.79 Å². The summed E-state index contributed by atoms with van der Waals surface area (Å²) in [6, 6.07) is 0.0344. The Labute approximate surface area is 80.8 Å². The fourth-order valence-corrected chi connectivity index (χ4v) is 3.31. The van der Waals surface area contributed by atoms with E-state index < -0.39 is 0 Å². The number of carbonyl (C=O) groups is 2. The molecule has 0 aromatic heterocycles. The van der Waals surface area contributed by atoms with Crippen molar-refractivity contribution in [1.82, 2.24) is 10.6 Å². The van der Waals surface area contributed by atoms with Crippen molar-refractivity contribution < 1.29 is 9.59 Å². The molecule has 3 unspecified atom stereocenters. The highest BCUT2D eigenvalue weighted by Crippen LogP contribution is 2.30. The first-order valence-electron chi connectivity index (χ1n) is 4.43. The van der Waals surface area contributed by atoms with Crippen LogP contribution in [0, 0.1) is 0 Å². The standard InChI is InChI=1S/C8H12N2O2S/c1-2-5(11)7-6-4(3-13-7)9-8(12)10-6/h4,6-7H,2-3H2,1H3,(H2,9,10,12). The average molecular weight is 200 g/mol. The topological polar surface area (TPSA) is 58.2 Å². The zero-order valence-electron chi connectivity index (χ0n) is 7.37. The summed E-state index contributed by atoms with van der Waals surface area (Å²) < 4.78 is 0. The molecule has 0 aromatic rings. The molecular formula is C8H12N2O2S. The Balaban J connectivity index is 2.08. The van der Waals surface area contributed by atoms with Gasteiger partial charge >= 0.3 is 6.03 Å². The maximum Gasteiger partial charge on any atom is 0.315 e. The maximum atomic E-state index is 11.5. The minimum atomic E-state index is -0.135. The summed E-state index contributed by atoms with van der Waals surface area (Å²) >= 11 is 1.64. The minimum Gasteiger partial charge on any atom is -0.332 e. The molecule has 13 heavy (non-hydrogen) atoms. The third kappa shape index (κ3) is 1.41. The highest BCUT2D eigenvalue weighted by atomic mass is 32.2. The summed E-state index contributed by atoms with van der Waals surface area (Å²) in [4.78, 5) is 22.4. The smallest absolute Gasteiger partial charge is 0.315 e.